The monoisotopic (exact) mass is 1080 g/mol. The summed E-state index contributed by atoms with van der Waals surface area (Å²) in [7, 11) is -2.55. The first-order valence-electron chi connectivity index (χ1n) is 24.1. The van der Waals surface area contributed by atoms with Gasteiger partial charge in [-0.05, 0) is 143 Å². The van der Waals surface area contributed by atoms with E-state index in [9.17, 15) is 0 Å². The van der Waals surface area contributed by atoms with Gasteiger partial charge >= 0.3 is 0 Å². The van der Waals surface area contributed by atoms with Gasteiger partial charge in [-0.3, -0.25) is 15.0 Å². The van der Waals surface area contributed by atoms with Crippen LogP contribution in [0.4, 0.5) is 5.69 Å². The third kappa shape index (κ3) is 13.2. The van der Waals surface area contributed by atoms with Crippen molar-refractivity contribution in [2.45, 2.75) is 186 Å². The van der Waals surface area contributed by atoms with Crippen LogP contribution < -0.4 is 11.1 Å². The Hall–Kier alpha value is -2.22. The maximum Gasteiger partial charge on any atom is 0.137 e. The molecule has 0 bridgehead atoms. The molecule has 0 unspecified atom stereocenters. The molecular formula is C51H76I2N6Si2. The van der Waals surface area contributed by atoms with Crippen LogP contribution in [0.5, 0.6) is 0 Å². The number of nitrogens with one attached hydrogen (secondary N) is 2. The summed E-state index contributed by atoms with van der Waals surface area (Å²) in [5.74, 6) is 5.91. The van der Waals surface area contributed by atoms with Crippen LogP contribution in [0.25, 0.3) is 21.8 Å². The maximum absolute atomic E-state index is 5.45. The molecule has 332 valence electrons. The number of halogens is 2. The van der Waals surface area contributed by atoms with Gasteiger partial charge in [0.25, 0.3) is 0 Å². The molecule has 3 aliphatic carbocycles. The third-order valence-electron chi connectivity index (χ3n) is 14.8. The van der Waals surface area contributed by atoms with Crippen LogP contribution >= 0.6 is 45.2 Å². The van der Waals surface area contributed by atoms with Gasteiger partial charge in [-0.15, -0.1) is 11.5 Å². The van der Waals surface area contributed by atoms with Crippen LogP contribution in [0.1, 0.15) is 161 Å². The average molecular weight is 1080 g/mol. The molecular weight excluding hydrogens is 1010 g/mol. The molecule has 4 N–H and O–H groups in total. The number of nitrogens with zero attached hydrogens (tertiary/aromatic N) is 3. The van der Waals surface area contributed by atoms with E-state index in [4.69, 9.17) is 5.73 Å². The van der Waals surface area contributed by atoms with Crippen LogP contribution in [0.2, 0.25) is 36.3 Å². The molecule has 8 rings (SSSR count). The molecule has 3 aliphatic rings. The van der Waals surface area contributed by atoms with E-state index < -0.39 is 16.1 Å². The minimum Gasteiger partial charge on any atom is -0.397 e. The van der Waals surface area contributed by atoms with Crippen molar-refractivity contribution in [1.29, 1.82) is 0 Å². The lowest BCUT2D eigenvalue weighted by Gasteiger charge is -2.32. The Kier molecular flexibility index (Phi) is 20.7. The van der Waals surface area contributed by atoms with E-state index in [1.807, 2.05) is 30.9 Å². The largest absolute Gasteiger partial charge is 0.397 e. The summed E-state index contributed by atoms with van der Waals surface area (Å²) < 4.78 is 2.37. The van der Waals surface area contributed by atoms with E-state index in [1.165, 1.54) is 164 Å². The molecule has 0 atom stereocenters. The number of H-pyrrole nitrogens is 2. The highest BCUT2D eigenvalue weighted by Crippen LogP contribution is 2.40. The second-order valence-electron chi connectivity index (χ2n) is 18.0. The van der Waals surface area contributed by atoms with Gasteiger partial charge in [0.2, 0.25) is 0 Å². The van der Waals surface area contributed by atoms with Crippen molar-refractivity contribution in [2.24, 2.45) is 5.92 Å². The Morgan fingerprint density at radius 1 is 0.590 bits per heavy atom. The third-order valence-corrected chi connectivity index (χ3v) is 26.9. The molecule has 5 aromatic heterocycles. The number of aromatic amines is 2. The van der Waals surface area contributed by atoms with Gasteiger partial charge in [-0.1, -0.05) is 117 Å². The Labute approximate surface area is 398 Å². The highest BCUT2D eigenvalue weighted by Gasteiger charge is 2.36. The molecule has 0 radical (unpaired) electrons. The quantitative estimate of drug-likeness (QED) is 0.0778. The van der Waals surface area contributed by atoms with E-state index in [0.717, 1.165) is 27.0 Å². The molecule has 0 amide bonds. The zero-order valence-corrected chi connectivity index (χ0v) is 44.8. The topological polar surface area (TPSA) is 96.3 Å². The van der Waals surface area contributed by atoms with Crippen LogP contribution in [0, 0.1) is 24.7 Å². The summed E-state index contributed by atoms with van der Waals surface area (Å²) in [5, 5.41) is 4.50. The normalized spacial score (nSPS) is 16.7. The van der Waals surface area contributed by atoms with Crippen molar-refractivity contribution in [3.63, 3.8) is 0 Å². The molecule has 5 heterocycles. The lowest BCUT2D eigenvalue weighted by atomic mass is 9.84. The summed E-state index contributed by atoms with van der Waals surface area (Å²) >= 11 is 4.59. The standard InChI is InChI=1S/C19H30N2Si.C14H26Si.C13H15IN2.C5H5IN2/c1-4-22(5-2,6-3)19-18(15-10-8-7-9-11-15)16-12-13-20-14-17(16)21-19;1-4-15(5-2,6-3)13-12-14-10-8-7-9-11-14;14-13-12(9-4-2-1-3-5-9)10-6-7-15-8-11(10)16-13;6-4-1-2-8-3-5(4)7/h12-15,21H,4-11H2,1-3H3;14H,4-11H2,1-3H3;6-9,16H,1-5H2;1-3H,7H2. The molecule has 10 heteroatoms. The van der Waals surface area contributed by atoms with Crippen molar-refractivity contribution >= 4 is 94.1 Å². The predicted molar refractivity (Wildman–Crippen MR) is 286 cm³/mol. The fourth-order valence-electron chi connectivity index (χ4n) is 10.3. The SMILES string of the molecule is CC[Si](C#CC1CCCCC1)(CC)CC.CC[Si](CC)(CC)c1[nH]c2cnccc2c1C1CCCCC1.Ic1[nH]c2cnccc2c1C1CCCCC1.Nc1cnccc1I. The summed E-state index contributed by atoms with van der Waals surface area (Å²) in [6, 6.07) is 14.4. The number of hydrogen-bond acceptors (Lipinski definition) is 4. The first-order valence-corrected chi connectivity index (χ1v) is 31.5. The molecule has 61 heavy (non-hydrogen) atoms. The van der Waals surface area contributed by atoms with Gasteiger partial charge in [0, 0.05) is 44.2 Å². The zero-order chi connectivity index (χ0) is 43.7. The van der Waals surface area contributed by atoms with Crippen molar-refractivity contribution in [3.8, 4) is 11.5 Å². The first-order chi connectivity index (χ1) is 29.7. The zero-order valence-electron chi connectivity index (χ0n) is 38.5. The Balaban J connectivity index is 0.000000162. The predicted octanol–water partition coefficient (Wildman–Crippen LogP) is 15.4. The number of pyridine rings is 3. The Morgan fingerprint density at radius 3 is 1.52 bits per heavy atom. The number of nitrogen functional groups attached to an aromatic ring is 1. The second kappa shape index (κ2) is 25.3. The van der Waals surface area contributed by atoms with Gasteiger partial charge in [0.1, 0.15) is 16.1 Å². The molecule has 3 saturated carbocycles. The maximum atomic E-state index is 5.45. The number of fused-ring (bicyclic) bond motifs is 2. The van der Waals surface area contributed by atoms with E-state index in [1.54, 1.807) is 23.3 Å². The lowest BCUT2D eigenvalue weighted by Crippen LogP contribution is -2.48. The van der Waals surface area contributed by atoms with E-state index in [-0.39, 0.29) is 0 Å². The summed E-state index contributed by atoms with van der Waals surface area (Å²) in [6.07, 6.45) is 32.1. The van der Waals surface area contributed by atoms with E-state index in [0.29, 0.717) is 0 Å². The number of anilines is 1. The summed E-state index contributed by atoms with van der Waals surface area (Å²) in [5.41, 5.74) is 15.6. The van der Waals surface area contributed by atoms with Gasteiger partial charge in [0.15, 0.2) is 0 Å². The van der Waals surface area contributed by atoms with Gasteiger partial charge in [-0.25, -0.2) is 0 Å². The molecule has 0 spiro atoms. The first kappa shape index (κ1) is 49.8. The fourth-order valence-corrected chi connectivity index (χ4v) is 18.0. The number of rotatable bonds is 9. The summed E-state index contributed by atoms with van der Waals surface area (Å²) in [6.45, 7) is 14.3. The van der Waals surface area contributed by atoms with Crippen molar-refractivity contribution < 1.29 is 0 Å². The lowest BCUT2D eigenvalue weighted by molar-refractivity contribution is 0.430. The minimum atomic E-state index is -1.39. The molecule has 6 nitrogen and oxygen atoms in total. The highest BCUT2D eigenvalue weighted by molar-refractivity contribution is 14.1. The number of nitrogens with two attached hydrogens (primary N) is 1. The van der Waals surface area contributed by atoms with Crippen LogP contribution in [0.15, 0.2) is 55.4 Å². The molecule has 5 aromatic rings. The van der Waals surface area contributed by atoms with Crippen LogP contribution in [0.3, 0.4) is 0 Å². The number of hydrogen-bond donors (Lipinski definition) is 3. The molecule has 0 aliphatic heterocycles. The smallest absolute Gasteiger partial charge is 0.137 e. The van der Waals surface area contributed by atoms with Crippen molar-refractivity contribution in [2.75, 3.05) is 5.73 Å². The molecule has 0 aromatic carbocycles. The highest BCUT2D eigenvalue weighted by atomic mass is 127. The van der Waals surface area contributed by atoms with Gasteiger partial charge in [-0.2, -0.15) is 0 Å². The number of aromatic nitrogens is 5. The van der Waals surface area contributed by atoms with Crippen LogP contribution in [-0.4, -0.2) is 41.1 Å². The van der Waals surface area contributed by atoms with Gasteiger partial charge in [0.05, 0.1) is 39.0 Å². The molecule has 0 saturated heterocycles. The Bertz CT molecular complexity index is 2070. The summed E-state index contributed by atoms with van der Waals surface area (Å²) in [4.78, 5) is 19.7. The van der Waals surface area contributed by atoms with Crippen molar-refractivity contribution in [3.05, 3.63) is 73.8 Å². The van der Waals surface area contributed by atoms with Crippen LogP contribution in [-0.2, 0) is 0 Å². The van der Waals surface area contributed by atoms with Crippen molar-refractivity contribution in [1.82, 2.24) is 24.9 Å². The molecule has 3 fully saturated rings. The van der Waals surface area contributed by atoms with Gasteiger partial charge < -0.3 is 15.7 Å². The Morgan fingerprint density at radius 2 is 1.05 bits per heavy atom. The van der Waals surface area contributed by atoms with E-state index >= 15 is 0 Å². The fraction of sp³-hybridized carbons (Fsp3) is 0.588. The van der Waals surface area contributed by atoms with E-state index in [2.05, 4.69) is 135 Å². The second-order valence-corrected chi connectivity index (χ2v) is 30.3. The minimum absolute atomic E-state index is 0.744. The average Bonchev–Trinajstić information content (AvgIpc) is 3.88.